The van der Waals surface area contributed by atoms with Crippen molar-refractivity contribution in [1.82, 2.24) is 9.88 Å². The molecule has 0 unspecified atom stereocenters. The molecule has 0 bridgehead atoms. The topological polar surface area (TPSA) is 76.6 Å². The quantitative estimate of drug-likeness (QED) is 0.850. The predicted octanol–water partition coefficient (Wildman–Crippen LogP) is 1.50. The van der Waals surface area contributed by atoms with Crippen LogP contribution in [0.5, 0.6) is 5.75 Å². The summed E-state index contributed by atoms with van der Waals surface area (Å²) < 4.78 is 28.3. The van der Waals surface area contributed by atoms with Crippen LogP contribution in [-0.2, 0) is 9.84 Å². The number of ether oxygens (including phenoxy) is 1. The molecule has 0 N–H and O–H groups in total. The Morgan fingerprint density at radius 2 is 2.09 bits per heavy atom. The number of hydrogen-bond donors (Lipinski definition) is 0. The molecule has 1 fully saturated rings. The van der Waals surface area contributed by atoms with Crippen LogP contribution < -0.4 is 4.74 Å². The first kappa shape index (κ1) is 15.7. The van der Waals surface area contributed by atoms with Crippen molar-refractivity contribution < 1.29 is 17.9 Å². The third-order valence-corrected chi connectivity index (χ3v) is 5.94. The minimum Gasteiger partial charge on any atom is -0.497 e. The highest BCUT2D eigenvalue weighted by Gasteiger charge is 2.33. The number of aromatic nitrogens is 1. The van der Waals surface area contributed by atoms with Crippen LogP contribution in [0.1, 0.15) is 16.9 Å². The van der Waals surface area contributed by atoms with E-state index in [2.05, 4.69) is 4.98 Å². The van der Waals surface area contributed by atoms with Crippen LogP contribution in [0.3, 0.4) is 0 Å². The largest absolute Gasteiger partial charge is 0.497 e. The van der Waals surface area contributed by atoms with Gasteiger partial charge in [-0.05, 0) is 30.7 Å². The van der Waals surface area contributed by atoms with Gasteiger partial charge in [-0.3, -0.25) is 4.79 Å². The molecule has 0 radical (unpaired) electrons. The van der Waals surface area contributed by atoms with Crippen molar-refractivity contribution in [2.45, 2.75) is 12.5 Å². The summed E-state index contributed by atoms with van der Waals surface area (Å²) in [5.41, 5.74) is 1.01. The van der Waals surface area contributed by atoms with E-state index in [0.717, 1.165) is 11.1 Å². The number of hydrogen-bond acceptors (Lipinski definition) is 5. The summed E-state index contributed by atoms with van der Waals surface area (Å²) in [6, 6.07) is 8.63. The molecule has 0 aliphatic carbocycles. The lowest BCUT2D eigenvalue weighted by Gasteiger charge is -2.23. The van der Waals surface area contributed by atoms with Gasteiger partial charge in [-0.2, -0.15) is 0 Å². The van der Waals surface area contributed by atoms with E-state index in [-0.39, 0.29) is 23.5 Å². The Labute approximate surface area is 135 Å². The average Bonchev–Trinajstić information content (AvgIpc) is 2.92. The number of nitrogens with zero attached hydrogens (tertiary/aromatic N) is 2. The zero-order chi connectivity index (χ0) is 16.6. The molecule has 1 aromatic carbocycles. The Balaban J connectivity index is 1.86. The molecule has 1 amide bonds. The Morgan fingerprint density at radius 1 is 1.30 bits per heavy atom. The highest BCUT2D eigenvalue weighted by molar-refractivity contribution is 7.91. The van der Waals surface area contributed by atoms with Gasteiger partial charge in [0, 0.05) is 18.5 Å². The van der Waals surface area contributed by atoms with Gasteiger partial charge >= 0.3 is 0 Å². The van der Waals surface area contributed by atoms with Gasteiger partial charge in [-0.15, -0.1) is 0 Å². The third-order valence-electron chi connectivity index (χ3n) is 4.19. The fourth-order valence-corrected chi connectivity index (χ4v) is 4.55. The first-order valence-corrected chi connectivity index (χ1v) is 9.14. The maximum Gasteiger partial charge on any atom is 0.272 e. The summed E-state index contributed by atoms with van der Waals surface area (Å²) in [5.74, 6) is 0.636. The lowest BCUT2D eigenvalue weighted by Crippen LogP contribution is -2.38. The summed E-state index contributed by atoms with van der Waals surface area (Å²) in [7, 11) is 0.200. The highest BCUT2D eigenvalue weighted by Crippen LogP contribution is 2.21. The van der Waals surface area contributed by atoms with Crippen molar-refractivity contribution in [3.8, 4) is 5.75 Å². The number of methoxy groups -OCH3 is 1. The molecule has 1 saturated heterocycles. The van der Waals surface area contributed by atoms with Gasteiger partial charge in [-0.1, -0.05) is 6.07 Å². The van der Waals surface area contributed by atoms with Gasteiger partial charge in [0.15, 0.2) is 9.84 Å². The Kier molecular flexibility index (Phi) is 3.97. The molecular weight excluding hydrogens is 316 g/mol. The van der Waals surface area contributed by atoms with Crippen molar-refractivity contribution in [2.24, 2.45) is 0 Å². The maximum atomic E-state index is 12.6. The first-order chi connectivity index (χ1) is 10.9. The molecule has 1 aliphatic rings. The molecule has 23 heavy (non-hydrogen) atoms. The molecule has 122 valence electrons. The van der Waals surface area contributed by atoms with Gasteiger partial charge in [0.25, 0.3) is 5.91 Å². The van der Waals surface area contributed by atoms with Gasteiger partial charge < -0.3 is 9.64 Å². The summed E-state index contributed by atoms with van der Waals surface area (Å²) >= 11 is 0. The molecule has 1 aliphatic heterocycles. The number of amides is 1. The second kappa shape index (κ2) is 5.81. The summed E-state index contributed by atoms with van der Waals surface area (Å²) in [6.45, 7) is 0. The molecule has 3 rings (SSSR count). The molecule has 2 heterocycles. The van der Waals surface area contributed by atoms with Crippen LogP contribution in [0.25, 0.3) is 10.9 Å². The zero-order valence-corrected chi connectivity index (χ0v) is 13.8. The second-order valence-corrected chi connectivity index (χ2v) is 7.96. The van der Waals surface area contributed by atoms with E-state index in [0.29, 0.717) is 17.6 Å². The number of carbonyl (C=O) groups is 1. The van der Waals surface area contributed by atoms with Crippen LogP contribution in [-0.4, -0.2) is 55.9 Å². The lowest BCUT2D eigenvalue weighted by molar-refractivity contribution is 0.0742. The Morgan fingerprint density at radius 3 is 2.74 bits per heavy atom. The summed E-state index contributed by atoms with van der Waals surface area (Å²) in [5, 5.41) is 0.881. The Bertz CT molecular complexity index is 864. The SMILES string of the molecule is COc1ccc2nc(C(=O)N(C)[C@@H]3CCS(=O)(=O)C3)ccc2c1. The number of sulfone groups is 1. The highest BCUT2D eigenvalue weighted by atomic mass is 32.2. The second-order valence-electron chi connectivity index (χ2n) is 5.73. The van der Waals surface area contributed by atoms with E-state index in [9.17, 15) is 13.2 Å². The fourth-order valence-electron chi connectivity index (χ4n) is 2.78. The third kappa shape index (κ3) is 3.14. The van der Waals surface area contributed by atoms with Crippen LogP contribution in [0.2, 0.25) is 0 Å². The molecule has 7 heteroatoms. The van der Waals surface area contributed by atoms with Crippen molar-refractivity contribution >= 4 is 26.6 Å². The molecule has 0 spiro atoms. The number of fused-ring (bicyclic) bond motifs is 1. The maximum absolute atomic E-state index is 12.6. The fraction of sp³-hybridized carbons (Fsp3) is 0.375. The number of carbonyl (C=O) groups excluding carboxylic acids is 1. The van der Waals surface area contributed by atoms with E-state index in [1.807, 2.05) is 12.1 Å². The average molecular weight is 334 g/mol. The lowest BCUT2D eigenvalue weighted by atomic mass is 10.1. The molecule has 1 atom stereocenters. The minimum absolute atomic E-state index is 0.0278. The Hall–Kier alpha value is -2.15. The molecule has 6 nitrogen and oxygen atoms in total. The van der Waals surface area contributed by atoms with Crippen molar-refractivity contribution in [1.29, 1.82) is 0 Å². The monoisotopic (exact) mass is 334 g/mol. The van der Waals surface area contributed by atoms with E-state index >= 15 is 0 Å². The first-order valence-electron chi connectivity index (χ1n) is 7.32. The minimum atomic E-state index is -3.03. The summed E-state index contributed by atoms with van der Waals surface area (Å²) in [6.07, 6.45) is 0.482. The molecule has 1 aromatic heterocycles. The van der Waals surface area contributed by atoms with Gasteiger partial charge in [-0.25, -0.2) is 13.4 Å². The molecule has 2 aromatic rings. The van der Waals surface area contributed by atoms with E-state index in [4.69, 9.17) is 4.74 Å². The standard InChI is InChI=1S/C16H18N2O4S/c1-18(12-7-8-23(20,21)10-12)16(19)15-5-3-11-9-13(22-2)4-6-14(11)17-15/h3-6,9,12H,7-8,10H2,1-2H3/t12-/m1/s1. The number of rotatable bonds is 3. The van der Waals surface area contributed by atoms with Crippen LogP contribution in [0, 0.1) is 0 Å². The van der Waals surface area contributed by atoms with Crippen LogP contribution in [0.4, 0.5) is 0 Å². The zero-order valence-electron chi connectivity index (χ0n) is 13.0. The van der Waals surface area contributed by atoms with E-state index < -0.39 is 9.84 Å². The van der Waals surface area contributed by atoms with Crippen LogP contribution >= 0.6 is 0 Å². The molecule has 0 saturated carbocycles. The smallest absolute Gasteiger partial charge is 0.272 e. The summed E-state index contributed by atoms with van der Waals surface area (Å²) in [4.78, 5) is 18.4. The predicted molar refractivity (Wildman–Crippen MR) is 87.4 cm³/mol. The van der Waals surface area contributed by atoms with E-state index in [1.54, 1.807) is 32.4 Å². The van der Waals surface area contributed by atoms with Crippen LogP contribution in [0.15, 0.2) is 30.3 Å². The molecular formula is C16H18N2O4S. The normalized spacial score (nSPS) is 19.7. The van der Waals surface area contributed by atoms with Crippen molar-refractivity contribution in [3.63, 3.8) is 0 Å². The van der Waals surface area contributed by atoms with Gasteiger partial charge in [0.1, 0.15) is 11.4 Å². The van der Waals surface area contributed by atoms with E-state index in [1.165, 1.54) is 4.90 Å². The van der Waals surface area contributed by atoms with Crippen molar-refractivity contribution in [3.05, 3.63) is 36.0 Å². The van der Waals surface area contributed by atoms with Crippen molar-refractivity contribution in [2.75, 3.05) is 25.7 Å². The number of pyridine rings is 1. The number of benzene rings is 1. The van der Waals surface area contributed by atoms with Gasteiger partial charge in [0.05, 0.1) is 24.1 Å². The van der Waals surface area contributed by atoms with Gasteiger partial charge in [0.2, 0.25) is 0 Å².